The number of aromatic nitrogens is 2. The van der Waals surface area contributed by atoms with Crippen LogP contribution in [-0.2, 0) is 7.05 Å². The fourth-order valence-electron chi connectivity index (χ4n) is 1.84. The van der Waals surface area contributed by atoms with Gasteiger partial charge >= 0.3 is 0 Å². The standard InChI is InChI=1S/C12H15ClN2O2/c1-15-10-6-8(2-3-9(10)7-14-15)12(17)11(16)4-5-13/h2-3,6-7,11-12,16-17H,4-5H2,1H3. The second-order valence-electron chi connectivity index (χ2n) is 4.08. The predicted molar refractivity (Wildman–Crippen MR) is 67.0 cm³/mol. The lowest BCUT2D eigenvalue weighted by Gasteiger charge is -2.17. The Hall–Kier alpha value is -1.10. The molecule has 1 heterocycles. The van der Waals surface area contributed by atoms with Crippen LogP contribution in [0.2, 0.25) is 0 Å². The van der Waals surface area contributed by atoms with Crippen LogP contribution in [0.4, 0.5) is 0 Å². The Labute approximate surface area is 104 Å². The van der Waals surface area contributed by atoms with Gasteiger partial charge in [0.05, 0.1) is 17.8 Å². The maximum absolute atomic E-state index is 9.97. The van der Waals surface area contributed by atoms with Gasteiger partial charge in [-0.25, -0.2) is 0 Å². The molecular formula is C12H15ClN2O2. The minimum absolute atomic E-state index is 0.326. The first-order valence-corrected chi connectivity index (χ1v) is 6.00. The fourth-order valence-corrected chi connectivity index (χ4v) is 2.06. The van der Waals surface area contributed by atoms with Gasteiger partial charge in [0.1, 0.15) is 6.10 Å². The number of aryl methyl sites for hydroxylation is 1. The summed E-state index contributed by atoms with van der Waals surface area (Å²) in [5.74, 6) is 0.326. The van der Waals surface area contributed by atoms with Crippen molar-refractivity contribution in [3.63, 3.8) is 0 Å². The Bertz CT molecular complexity index is 512. The van der Waals surface area contributed by atoms with Crippen LogP contribution in [0.15, 0.2) is 24.4 Å². The number of aliphatic hydroxyl groups is 2. The number of hydrogen-bond acceptors (Lipinski definition) is 3. The number of alkyl halides is 1. The SMILES string of the molecule is Cn1ncc2ccc(C(O)C(O)CCCl)cc21. The molecule has 5 heteroatoms. The van der Waals surface area contributed by atoms with Gasteiger partial charge < -0.3 is 10.2 Å². The third-order valence-electron chi connectivity index (χ3n) is 2.88. The minimum atomic E-state index is -0.909. The Balaban J connectivity index is 2.32. The molecule has 0 saturated carbocycles. The van der Waals surface area contributed by atoms with E-state index in [2.05, 4.69) is 5.10 Å². The molecule has 0 saturated heterocycles. The van der Waals surface area contributed by atoms with Gasteiger partial charge in [-0.15, -0.1) is 11.6 Å². The van der Waals surface area contributed by atoms with Crippen molar-refractivity contribution in [1.29, 1.82) is 0 Å². The van der Waals surface area contributed by atoms with Gasteiger partial charge in [-0.2, -0.15) is 5.10 Å². The minimum Gasteiger partial charge on any atom is -0.390 e. The van der Waals surface area contributed by atoms with E-state index in [4.69, 9.17) is 11.6 Å². The maximum atomic E-state index is 9.97. The molecule has 0 aliphatic heterocycles. The van der Waals surface area contributed by atoms with Crippen LogP contribution in [0.1, 0.15) is 18.1 Å². The van der Waals surface area contributed by atoms with E-state index in [9.17, 15) is 10.2 Å². The van der Waals surface area contributed by atoms with E-state index in [1.807, 2.05) is 19.2 Å². The van der Waals surface area contributed by atoms with Crippen molar-refractivity contribution in [3.05, 3.63) is 30.0 Å². The molecule has 2 rings (SSSR count). The van der Waals surface area contributed by atoms with Crippen LogP contribution in [-0.4, -0.2) is 32.0 Å². The summed E-state index contributed by atoms with van der Waals surface area (Å²) in [7, 11) is 1.84. The second kappa shape index (κ2) is 5.04. The van der Waals surface area contributed by atoms with Gasteiger partial charge in [-0.3, -0.25) is 4.68 Å². The van der Waals surface area contributed by atoms with E-state index in [1.165, 1.54) is 0 Å². The summed E-state index contributed by atoms with van der Waals surface area (Å²) in [6.07, 6.45) is 0.388. The van der Waals surface area contributed by atoms with Crippen molar-refractivity contribution in [3.8, 4) is 0 Å². The summed E-state index contributed by atoms with van der Waals surface area (Å²) in [6, 6.07) is 5.52. The van der Waals surface area contributed by atoms with Gasteiger partial charge in [-0.05, 0) is 18.1 Å². The summed E-state index contributed by atoms with van der Waals surface area (Å²) in [4.78, 5) is 0. The molecule has 92 valence electrons. The van der Waals surface area contributed by atoms with E-state index >= 15 is 0 Å². The van der Waals surface area contributed by atoms with Gasteiger partial charge in [0, 0.05) is 18.3 Å². The highest BCUT2D eigenvalue weighted by atomic mass is 35.5. The van der Waals surface area contributed by atoms with Gasteiger partial charge in [-0.1, -0.05) is 12.1 Å². The summed E-state index contributed by atoms with van der Waals surface area (Å²) in [6.45, 7) is 0. The van der Waals surface area contributed by atoms with E-state index in [0.29, 0.717) is 17.9 Å². The average molecular weight is 255 g/mol. The number of hydrogen-bond donors (Lipinski definition) is 2. The molecule has 4 nitrogen and oxygen atoms in total. The van der Waals surface area contributed by atoms with Gasteiger partial charge in [0.2, 0.25) is 0 Å². The molecule has 2 atom stereocenters. The molecule has 0 amide bonds. The molecule has 1 aromatic carbocycles. The highest BCUT2D eigenvalue weighted by Gasteiger charge is 2.18. The molecule has 2 N–H and O–H groups in total. The molecule has 0 fully saturated rings. The third-order valence-corrected chi connectivity index (χ3v) is 3.10. The second-order valence-corrected chi connectivity index (χ2v) is 4.45. The van der Waals surface area contributed by atoms with Crippen LogP contribution >= 0.6 is 11.6 Å². The quantitative estimate of drug-likeness (QED) is 0.815. The zero-order chi connectivity index (χ0) is 12.4. The zero-order valence-corrected chi connectivity index (χ0v) is 10.3. The monoisotopic (exact) mass is 254 g/mol. The molecule has 1 aromatic heterocycles. The number of fused-ring (bicyclic) bond motifs is 1. The fraction of sp³-hybridized carbons (Fsp3) is 0.417. The Kier molecular flexibility index (Phi) is 3.66. The van der Waals surface area contributed by atoms with Gasteiger partial charge in [0.15, 0.2) is 0 Å². The topological polar surface area (TPSA) is 58.3 Å². The van der Waals surface area contributed by atoms with Crippen molar-refractivity contribution in [2.75, 3.05) is 5.88 Å². The van der Waals surface area contributed by atoms with E-state index < -0.39 is 12.2 Å². The normalized spacial score (nSPS) is 15.1. The van der Waals surface area contributed by atoms with E-state index in [1.54, 1.807) is 16.9 Å². The highest BCUT2D eigenvalue weighted by molar-refractivity contribution is 6.17. The van der Waals surface area contributed by atoms with E-state index in [0.717, 1.165) is 10.9 Å². The zero-order valence-electron chi connectivity index (χ0n) is 9.55. The molecule has 0 radical (unpaired) electrons. The lowest BCUT2D eigenvalue weighted by molar-refractivity contribution is 0.0170. The molecule has 0 bridgehead atoms. The van der Waals surface area contributed by atoms with Crippen molar-refractivity contribution in [2.45, 2.75) is 18.6 Å². The molecule has 2 aromatic rings. The number of halogens is 1. The summed E-state index contributed by atoms with van der Waals surface area (Å²) in [5.41, 5.74) is 1.61. The maximum Gasteiger partial charge on any atom is 0.105 e. The van der Waals surface area contributed by atoms with Gasteiger partial charge in [0.25, 0.3) is 0 Å². The van der Waals surface area contributed by atoms with Crippen molar-refractivity contribution < 1.29 is 10.2 Å². The van der Waals surface area contributed by atoms with Crippen LogP contribution < -0.4 is 0 Å². The smallest absolute Gasteiger partial charge is 0.105 e. The van der Waals surface area contributed by atoms with Crippen molar-refractivity contribution in [1.82, 2.24) is 9.78 Å². The number of aliphatic hydroxyl groups excluding tert-OH is 2. The highest BCUT2D eigenvalue weighted by Crippen LogP contribution is 2.23. The first-order valence-electron chi connectivity index (χ1n) is 5.47. The predicted octanol–water partition coefficient (Wildman–Crippen LogP) is 1.60. The Morgan fingerprint density at radius 3 is 2.88 bits per heavy atom. The molecule has 2 unspecified atom stereocenters. The number of rotatable bonds is 4. The first-order chi connectivity index (χ1) is 8.13. The number of nitrogens with zero attached hydrogens (tertiary/aromatic N) is 2. The lowest BCUT2D eigenvalue weighted by atomic mass is 10.0. The average Bonchev–Trinajstić information content (AvgIpc) is 2.70. The summed E-state index contributed by atoms with van der Waals surface area (Å²) >= 11 is 5.55. The van der Waals surface area contributed by atoms with E-state index in [-0.39, 0.29) is 0 Å². The van der Waals surface area contributed by atoms with Crippen LogP contribution in [0.5, 0.6) is 0 Å². The molecular weight excluding hydrogens is 240 g/mol. The van der Waals surface area contributed by atoms with Crippen LogP contribution in [0, 0.1) is 0 Å². The third kappa shape index (κ3) is 2.44. The largest absolute Gasteiger partial charge is 0.390 e. The van der Waals surface area contributed by atoms with Crippen LogP contribution in [0.3, 0.4) is 0 Å². The number of benzene rings is 1. The Morgan fingerprint density at radius 1 is 1.41 bits per heavy atom. The molecule has 0 aliphatic carbocycles. The van der Waals surface area contributed by atoms with Crippen molar-refractivity contribution in [2.24, 2.45) is 7.05 Å². The summed E-state index contributed by atoms with van der Waals surface area (Å²) < 4.78 is 1.74. The van der Waals surface area contributed by atoms with Crippen molar-refractivity contribution >= 4 is 22.5 Å². The summed E-state index contributed by atoms with van der Waals surface area (Å²) in [5, 5.41) is 24.8. The molecule has 0 spiro atoms. The van der Waals surface area contributed by atoms with Crippen LogP contribution in [0.25, 0.3) is 10.9 Å². The Morgan fingerprint density at radius 2 is 2.18 bits per heavy atom. The molecule has 17 heavy (non-hydrogen) atoms. The lowest BCUT2D eigenvalue weighted by Crippen LogP contribution is -2.18. The first kappa shape index (κ1) is 12.4. The molecule has 0 aliphatic rings.